The summed E-state index contributed by atoms with van der Waals surface area (Å²) in [4.78, 5) is 11.1. The number of hydrogen-bond acceptors (Lipinski definition) is 5. The van der Waals surface area contributed by atoms with E-state index in [9.17, 15) is 8.78 Å². The molecule has 1 aromatic heterocycles. The zero-order valence-corrected chi connectivity index (χ0v) is 16.5. The predicted octanol–water partition coefficient (Wildman–Crippen LogP) is 4.90. The largest absolute Gasteiger partial charge is 0.490 e. The van der Waals surface area contributed by atoms with Crippen molar-refractivity contribution in [3.8, 4) is 5.75 Å². The van der Waals surface area contributed by atoms with Gasteiger partial charge in [-0.3, -0.25) is 0 Å². The molecule has 1 N–H and O–H groups in total. The van der Waals surface area contributed by atoms with Gasteiger partial charge in [-0.2, -0.15) is 0 Å². The number of hydrogen-bond donors (Lipinski definition) is 1. The molecular weight excluding hydrogens is 374 g/mol. The summed E-state index contributed by atoms with van der Waals surface area (Å²) in [5.74, 6) is -0.285. The first-order valence-corrected chi connectivity index (χ1v) is 9.87. The van der Waals surface area contributed by atoms with Gasteiger partial charge in [-0.1, -0.05) is 0 Å². The molecule has 2 aromatic carbocycles. The fourth-order valence-electron chi connectivity index (χ4n) is 3.59. The van der Waals surface area contributed by atoms with Crippen LogP contribution in [0.1, 0.15) is 26.7 Å². The summed E-state index contributed by atoms with van der Waals surface area (Å²) in [7, 11) is 0. The Morgan fingerprint density at radius 1 is 1.07 bits per heavy atom. The zero-order valence-electron chi connectivity index (χ0n) is 16.5. The molecule has 7 heteroatoms. The maximum absolute atomic E-state index is 13.4. The lowest BCUT2D eigenvalue weighted by Crippen LogP contribution is -2.41. The molecule has 0 spiro atoms. The lowest BCUT2D eigenvalue weighted by Gasteiger charge is -2.34. The van der Waals surface area contributed by atoms with E-state index in [4.69, 9.17) is 4.74 Å². The monoisotopic (exact) mass is 398 g/mol. The Hall–Kier alpha value is -2.80. The SMILES string of the molecule is CC(C)N1CCC(Oc2ccc3cnc(Nc4cc(F)cc(F)c4)nc3c2)CC1. The van der Waals surface area contributed by atoms with Gasteiger partial charge in [0.2, 0.25) is 5.95 Å². The third kappa shape index (κ3) is 4.79. The molecule has 1 aliphatic heterocycles. The minimum Gasteiger partial charge on any atom is -0.490 e. The normalized spacial score (nSPS) is 15.8. The maximum Gasteiger partial charge on any atom is 0.227 e. The summed E-state index contributed by atoms with van der Waals surface area (Å²) in [5.41, 5.74) is 0.961. The van der Waals surface area contributed by atoms with E-state index in [1.54, 1.807) is 6.20 Å². The van der Waals surface area contributed by atoms with E-state index in [0.717, 1.165) is 43.1 Å². The predicted molar refractivity (Wildman–Crippen MR) is 110 cm³/mol. The molecule has 0 amide bonds. The highest BCUT2D eigenvalue weighted by molar-refractivity contribution is 5.80. The van der Waals surface area contributed by atoms with Gasteiger partial charge in [0.05, 0.1) is 5.52 Å². The van der Waals surface area contributed by atoms with Gasteiger partial charge in [-0.05, 0) is 51.0 Å². The van der Waals surface area contributed by atoms with Gasteiger partial charge in [0, 0.05) is 48.5 Å². The second kappa shape index (κ2) is 8.29. The lowest BCUT2D eigenvalue weighted by atomic mass is 10.1. The van der Waals surface area contributed by atoms with Crippen LogP contribution in [-0.4, -0.2) is 40.1 Å². The molecule has 0 atom stereocenters. The molecule has 0 radical (unpaired) electrons. The Morgan fingerprint density at radius 3 is 2.48 bits per heavy atom. The number of ether oxygens (including phenoxy) is 1. The van der Waals surface area contributed by atoms with Crippen LogP contribution in [0.25, 0.3) is 10.9 Å². The Balaban J connectivity index is 1.48. The summed E-state index contributed by atoms with van der Waals surface area (Å²) in [6.07, 6.45) is 3.86. The highest BCUT2D eigenvalue weighted by Crippen LogP contribution is 2.25. The Kier molecular flexibility index (Phi) is 5.58. The van der Waals surface area contributed by atoms with Crippen molar-refractivity contribution in [3.63, 3.8) is 0 Å². The van der Waals surface area contributed by atoms with Gasteiger partial charge in [0.1, 0.15) is 23.5 Å². The number of nitrogens with zero attached hydrogens (tertiary/aromatic N) is 3. The molecule has 1 saturated heterocycles. The molecular formula is C22H24F2N4O. The molecule has 1 fully saturated rings. The minimum absolute atomic E-state index is 0.192. The summed E-state index contributed by atoms with van der Waals surface area (Å²) in [5, 5.41) is 3.71. The number of fused-ring (bicyclic) bond motifs is 1. The third-order valence-electron chi connectivity index (χ3n) is 5.18. The average molecular weight is 398 g/mol. The number of anilines is 2. The van der Waals surface area contributed by atoms with Gasteiger partial charge in [-0.25, -0.2) is 18.7 Å². The first-order valence-electron chi connectivity index (χ1n) is 9.87. The fraction of sp³-hybridized carbons (Fsp3) is 0.364. The highest BCUT2D eigenvalue weighted by atomic mass is 19.1. The lowest BCUT2D eigenvalue weighted by molar-refractivity contribution is 0.0844. The maximum atomic E-state index is 13.4. The smallest absolute Gasteiger partial charge is 0.227 e. The molecule has 4 rings (SSSR count). The van der Waals surface area contributed by atoms with Crippen LogP contribution in [0, 0.1) is 11.6 Å². The van der Waals surface area contributed by atoms with Crippen molar-refractivity contribution in [1.29, 1.82) is 0 Å². The number of nitrogens with one attached hydrogen (secondary N) is 1. The van der Waals surface area contributed by atoms with Gasteiger partial charge in [-0.15, -0.1) is 0 Å². The van der Waals surface area contributed by atoms with Crippen molar-refractivity contribution in [2.24, 2.45) is 0 Å². The van der Waals surface area contributed by atoms with Crippen LogP contribution >= 0.6 is 0 Å². The van der Waals surface area contributed by atoms with Crippen molar-refractivity contribution in [3.05, 3.63) is 54.2 Å². The molecule has 1 aliphatic rings. The molecule has 0 saturated carbocycles. The molecule has 0 aliphatic carbocycles. The van der Waals surface area contributed by atoms with E-state index in [-0.39, 0.29) is 17.7 Å². The Morgan fingerprint density at radius 2 is 1.79 bits per heavy atom. The minimum atomic E-state index is -0.660. The molecule has 3 aromatic rings. The summed E-state index contributed by atoms with van der Waals surface area (Å²) in [6, 6.07) is 9.49. The highest BCUT2D eigenvalue weighted by Gasteiger charge is 2.22. The molecule has 152 valence electrons. The van der Waals surface area contributed by atoms with Crippen LogP contribution in [0.4, 0.5) is 20.4 Å². The summed E-state index contributed by atoms with van der Waals surface area (Å²) >= 11 is 0. The second-order valence-corrected chi connectivity index (χ2v) is 7.64. The van der Waals surface area contributed by atoms with Crippen molar-refractivity contribution in [2.75, 3.05) is 18.4 Å². The molecule has 2 heterocycles. The van der Waals surface area contributed by atoms with E-state index < -0.39 is 11.6 Å². The quantitative estimate of drug-likeness (QED) is 0.662. The van der Waals surface area contributed by atoms with E-state index in [1.807, 2.05) is 18.2 Å². The molecule has 0 unspecified atom stereocenters. The number of benzene rings is 2. The van der Waals surface area contributed by atoms with Crippen molar-refractivity contribution >= 4 is 22.5 Å². The number of piperidine rings is 1. The van der Waals surface area contributed by atoms with Crippen LogP contribution in [0.3, 0.4) is 0 Å². The van der Waals surface area contributed by atoms with E-state index in [1.165, 1.54) is 12.1 Å². The zero-order chi connectivity index (χ0) is 20.4. The van der Waals surface area contributed by atoms with Crippen LogP contribution in [0.2, 0.25) is 0 Å². The molecule has 0 bridgehead atoms. The average Bonchev–Trinajstić information content (AvgIpc) is 2.67. The first-order chi connectivity index (χ1) is 14.0. The third-order valence-corrected chi connectivity index (χ3v) is 5.18. The molecule has 5 nitrogen and oxygen atoms in total. The number of likely N-dealkylation sites (tertiary alicyclic amines) is 1. The van der Waals surface area contributed by atoms with Crippen LogP contribution in [0.15, 0.2) is 42.6 Å². The number of halogens is 2. The number of aromatic nitrogens is 2. The number of rotatable bonds is 5. The van der Waals surface area contributed by atoms with Gasteiger partial charge in [0.25, 0.3) is 0 Å². The van der Waals surface area contributed by atoms with Crippen molar-refractivity contribution < 1.29 is 13.5 Å². The first kappa shape index (κ1) is 19.5. The topological polar surface area (TPSA) is 50.3 Å². The van der Waals surface area contributed by atoms with Gasteiger partial charge in [0.15, 0.2) is 0 Å². The van der Waals surface area contributed by atoms with E-state index in [0.29, 0.717) is 11.6 Å². The summed E-state index contributed by atoms with van der Waals surface area (Å²) in [6.45, 7) is 6.51. The fourth-order valence-corrected chi connectivity index (χ4v) is 3.59. The Bertz CT molecular complexity index is 983. The second-order valence-electron chi connectivity index (χ2n) is 7.64. The summed E-state index contributed by atoms with van der Waals surface area (Å²) < 4.78 is 32.9. The standard InChI is InChI=1S/C22H24F2N4O/c1-14(2)28-7-5-19(6-8-28)29-20-4-3-15-13-25-22(27-21(15)12-20)26-18-10-16(23)9-17(24)11-18/h3-4,9-14,19H,5-8H2,1-2H3,(H,25,26,27). The van der Waals surface area contributed by atoms with Crippen molar-refractivity contribution in [2.45, 2.75) is 38.8 Å². The van der Waals surface area contributed by atoms with Gasteiger partial charge < -0.3 is 15.0 Å². The van der Waals surface area contributed by atoms with Crippen LogP contribution in [0.5, 0.6) is 5.75 Å². The Labute approximate surface area is 168 Å². The van der Waals surface area contributed by atoms with E-state index in [2.05, 4.69) is 34.0 Å². The van der Waals surface area contributed by atoms with Gasteiger partial charge >= 0.3 is 0 Å². The van der Waals surface area contributed by atoms with Crippen LogP contribution in [-0.2, 0) is 0 Å². The van der Waals surface area contributed by atoms with Crippen molar-refractivity contribution in [1.82, 2.24) is 14.9 Å². The molecule has 29 heavy (non-hydrogen) atoms. The van der Waals surface area contributed by atoms with E-state index >= 15 is 0 Å². The van der Waals surface area contributed by atoms with Crippen LogP contribution < -0.4 is 10.1 Å².